The minimum absolute atomic E-state index is 0.0815. The quantitative estimate of drug-likeness (QED) is 0.522. The third-order valence-electron chi connectivity index (χ3n) is 1.76. The number of allylic oxidation sites excluding steroid dienone is 1. The van der Waals surface area contributed by atoms with Crippen molar-refractivity contribution in [1.82, 2.24) is 0 Å². The molecule has 0 heterocycles. The Hall–Kier alpha value is -1.57. The average molecular weight is 176 g/mol. The second kappa shape index (κ2) is 3.90. The first-order valence-corrected chi connectivity index (χ1v) is 4.00. The van der Waals surface area contributed by atoms with Crippen molar-refractivity contribution in [2.24, 2.45) is 0 Å². The summed E-state index contributed by atoms with van der Waals surface area (Å²) in [6, 6.07) is 5.39. The molecule has 0 aliphatic rings. The molecule has 0 aliphatic heterocycles. The molecular weight excluding hydrogens is 164 g/mol. The Labute approximate surface area is 77.8 Å². The van der Waals surface area contributed by atoms with Crippen molar-refractivity contribution in [2.75, 3.05) is 7.11 Å². The Morgan fingerprint density at radius 2 is 2.15 bits per heavy atom. The molecule has 2 heteroatoms. The predicted molar refractivity (Wildman–Crippen MR) is 52.3 cm³/mol. The molecule has 13 heavy (non-hydrogen) atoms. The number of carbonyl (C=O) groups is 1. The second-order valence-corrected chi connectivity index (χ2v) is 2.81. The zero-order valence-corrected chi connectivity index (χ0v) is 7.83. The number of aryl methyl sites for hydroxylation is 1. The first kappa shape index (κ1) is 9.52. The molecule has 0 fully saturated rings. The molecule has 1 aromatic rings. The van der Waals surface area contributed by atoms with Gasteiger partial charge in [0, 0.05) is 5.56 Å². The maximum Gasteiger partial charge on any atom is 0.185 e. The van der Waals surface area contributed by atoms with E-state index in [0.717, 1.165) is 5.56 Å². The highest BCUT2D eigenvalue weighted by molar-refractivity contribution is 6.04. The molecule has 0 bridgehead atoms. The van der Waals surface area contributed by atoms with E-state index in [4.69, 9.17) is 4.74 Å². The predicted octanol–water partition coefficient (Wildman–Crippen LogP) is 2.37. The number of carbonyl (C=O) groups excluding carboxylic acids is 1. The van der Waals surface area contributed by atoms with Crippen LogP contribution in [0.1, 0.15) is 15.9 Å². The zero-order chi connectivity index (χ0) is 9.84. The average Bonchev–Trinajstić information content (AvgIpc) is 2.15. The zero-order valence-electron chi connectivity index (χ0n) is 7.83. The van der Waals surface area contributed by atoms with Crippen molar-refractivity contribution in [2.45, 2.75) is 6.92 Å². The lowest BCUT2D eigenvalue weighted by atomic mass is 10.1. The Morgan fingerprint density at radius 3 is 2.69 bits per heavy atom. The molecular formula is C11H12O2. The fraction of sp³-hybridized carbons (Fsp3) is 0.182. The van der Waals surface area contributed by atoms with E-state index in [1.54, 1.807) is 13.2 Å². The van der Waals surface area contributed by atoms with Crippen LogP contribution in [0.15, 0.2) is 30.9 Å². The van der Waals surface area contributed by atoms with Gasteiger partial charge in [0.2, 0.25) is 0 Å². The van der Waals surface area contributed by atoms with Gasteiger partial charge in [0.25, 0.3) is 0 Å². The topological polar surface area (TPSA) is 26.3 Å². The van der Waals surface area contributed by atoms with Crippen molar-refractivity contribution in [3.05, 3.63) is 42.0 Å². The van der Waals surface area contributed by atoms with Crippen molar-refractivity contribution >= 4 is 5.78 Å². The third kappa shape index (κ3) is 2.18. The lowest BCUT2D eigenvalue weighted by Crippen LogP contribution is -1.95. The highest BCUT2D eigenvalue weighted by atomic mass is 16.5. The van der Waals surface area contributed by atoms with Crippen LogP contribution in [0.2, 0.25) is 0 Å². The number of hydrogen-bond donors (Lipinski definition) is 0. The van der Waals surface area contributed by atoms with Gasteiger partial charge in [-0.25, -0.2) is 0 Å². The highest BCUT2D eigenvalue weighted by Crippen LogP contribution is 2.16. The summed E-state index contributed by atoms with van der Waals surface area (Å²) in [5, 5.41) is 0. The molecule has 0 radical (unpaired) electrons. The van der Waals surface area contributed by atoms with E-state index in [1.165, 1.54) is 6.08 Å². The van der Waals surface area contributed by atoms with Gasteiger partial charge in [-0.05, 0) is 36.8 Å². The molecule has 0 amide bonds. The van der Waals surface area contributed by atoms with Crippen LogP contribution in [0.25, 0.3) is 0 Å². The van der Waals surface area contributed by atoms with Gasteiger partial charge in [0.05, 0.1) is 7.11 Å². The van der Waals surface area contributed by atoms with E-state index >= 15 is 0 Å². The van der Waals surface area contributed by atoms with Crippen LogP contribution in [-0.4, -0.2) is 12.9 Å². The molecule has 1 rings (SSSR count). The Morgan fingerprint density at radius 1 is 1.46 bits per heavy atom. The summed E-state index contributed by atoms with van der Waals surface area (Å²) in [4.78, 5) is 11.3. The van der Waals surface area contributed by atoms with E-state index in [2.05, 4.69) is 6.58 Å². The number of methoxy groups -OCH3 is 1. The lowest BCUT2D eigenvalue weighted by Gasteiger charge is -2.03. The van der Waals surface area contributed by atoms with Crippen LogP contribution in [0.3, 0.4) is 0 Å². The largest absolute Gasteiger partial charge is 0.497 e. The summed E-state index contributed by atoms with van der Waals surface area (Å²) >= 11 is 0. The molecule has 0 saturated carbocycles. The molecule has 1 aromatic carbocycles. The highest BCUT2D eigenvalue weighted by Gasteiger charge is 2.03. The molecule has 0 unspecified atom stereocenters. The monoisotopic (exact) mass is 176 g/mol. The minimum Gasteiger partial charge on any atom is -0.497 e. The van der Waals surface area contributed by atoms with Crippen LogP contribution in [0.5, 0.6) is 5.75 Å². The van der Waals surface area contributed by atoms with E-state index in [1.807, 2.05) is 19.1 Å². The summed E-state index contributed by atoms with van der Waals surface area (Å²) in [7, 11) is 1.58. The summed E-state index contributed by atoms with van der Waals surface area (Å²) in [6.07, 6.45) is 1.30. The molecule has 68 valence electrons. The van der Waals surface area contributed by atoms with Crippen LogP contribution in [-0.2, 0) is 0 Å². The van der Waals surface area contributed by atoms with Crippen molar-refractivity contribution in [3.63, 3.8) is 0 Å². The Balaban J connectivity index is 3.15. The van der Waals surface area contributed by atoms with Crippen molar-refractivity contribution in [1.29, 1.82) is 0 Å². The van der Waals surface area contributed by atoms with E-state index in [9.17, 15) is 4.79 Å². The fourth-order valence-corrected chi connectivity index (χ4v) is 1.13. The number of ether oxygens (including phenoxy) is 1. The smallest absolute Gasteiger partial charge is 0.185 e. The van der Waals surface area contributed by atoms with Crippen molar-refractivity contribution < 1.29 is 9.53 Å². The summed E-state index contributed by atoms with van der Waals surface area (Å²) in [5.74, 6) is 0.618. The first-order valence-electron chi connectivity index (χ1n) is 4.00. The van der Waals surface area contributed by atoms with Gasteiger partial charge >= 0.3 is 0 Å². The van der Waals surface area contributed by atoms with Crippen molar-refractivity contribution in [3.8, 4) is 5.75 Å². The van der Waals surface area contributed by atoms with Crippen LogP contribution < -0.4 is 4.74 Å². The first-order chi connectivity index (χ1) is 6.17. The second-order valence-electron chi connectivity index (χ2n) is 2.81. The number of ketones is 1. The summed E-state index contributed by atoms with van der Waals surface area (Å²) < 4.78 is 5.04. The van der Waals surface area contributed by atoms with Gasteiger partial charge in [0.1, 0.15) is 5.75 Å². The number of rotatable bonds is 3. The molecule has 2 nitrogen and oxygen atoms in total. The molecule has 0 spiro atoms. The van der Waals surface area contributed by atoms with Crippen LogP contribution >= 0.6 is 0 Å². The SMILES string of the molecule is C=CC(=O)c1cc(C)cc(OC)c1. The minimum atomic E-state index is -0.0815. The van der Waals surface area contributed by atoms with Gasteiger partial charge in [-0.15, -0.1) is 0 Å². The van der Waals surface area contributed by atoms with Gasteiger partial charge in [0.15, 0.2) is 5.78 Å². The molecule has 0 aliphatic carbocycles. The molecule has 0 saturated heterocycles. The van der Waals surface area contributed by atoms with E-state index in [-0.39, 0.29) is 5.78 Å². The number of hydrogen-bond acceptors (Lipinski definition) is 2. The van der Waals surface area contributed by atoms with E-state index < -0.39 is 0 Å². The molecule has 0 aromatic heterocycles. The third-order valence-corrected chi connectivity index (χ3v) is 1.76. The van der Waals surface area contributed by atoms with Gasteiger partial charge in [-0.2, -0.15) is 0 Å². The number of benzene rings is 1. The summed E-state index contributed by atoms with van der Waals surface area (Å²) in [5.41, 5.74) is 1.62. The van der Waals surface area contributed by atoms with Gasteiger partial charge in [-0.3, -0.25) is 4.79 Å². The van der Waals surface area contributed by atoms with Gasteiger partial charge < -0.3 is 4.74 Å². The fourth-order valence-electron chi connectivity index (χ4n) is 1.13. The van der Waals surface area contributed by atoms with E-state index in [0.29, 0.717) is 11.3 Å². The lowest BCUT2D eigenvalue weighted by molar-refractivity contribution is 0.104. The van der Waals surface area contributed by atoms with Crippen LogP contribution in [0.4, 0.5) is 0 Å². The standard InChI is InChI=1S/C11H12O2/c1-4-11(12)9-5-8(2)6-10(7-9)13-3/h4-7H,1H2,2-3H3. The van der Waals surface area contributed by atoms with Gasteiger partial charge in [-0.1, -0.05) is 6.58 Å². The molecule has 0 atom stereocenters. The Bertz CT molecular complexity index is 340. The maximum absolute atomic E-state index is 11.3. The van der Waals surface area contributed by atoms with Crippen LogP contribution in [0, 0.1) is 6.92 Å². The normalized spacial score (nSPS) is 9.38. The Kier molecular flexibility index (Phi) is 2.85. The molecule has 0 N–H and O–H groups in total. The summed E-state index contributed by atoms with van der Waals surface area (Å²) in [6.45, 7) is 5.35. The maximum atomic E-state index is 11.3.